The van der Waals surface area contributed by atoms with Crippen molar-refractivity contribution in [2.24, 2.45) is 0 Å². The van der Waals surface area contributed by atoms with Crippen LogP contribution in [-0.4, -0.2) is 49.3 Å². The molecule has 3 fully saturated rings. The fourth-order valence-corrected chi connectivity index (χ4v) is 12.4. The summed E-state index contributed by atoms with van der Waals surface area (Å²) in [6.45, 7) is 4.25. The molecule has 102 valence electrons. The van der Waals surface area contributed by atoms with Crippen LogP contribution in [0.1, 0.15) is 20.3 Å². The van der Waals surface area contributed by atoms with Gasteiger partial charge in [-0.2, -0.15) is 0 Å². The zero-order chi connectivity index (χ0) is 13.0. The van der Waals surface area contributed by atoms with Crippen LogP contribution < -0.4 is 0 Å². The van der Waals surface area contributed by atoms with E-state index in [2.05, 4.69) is 21.7 Å². The highest BCUT2D eigenvalue weighted by atomic mass is 33.2. The van der Waals surface area contributed by atoms with Gasteiger partial charge in [0.1, 0.15) is 25.7 Å². The van der Waals surface area contributed by atoms with Crippen molar-refractivity contribution in [2.75, 3.05) is 11.5 Å². The van der Waals surface area contributed by atoms with Crippen molar-refractivity contribution < 1.29 is 14.0 Å². The second-order valence-electron chi connectivity index (χ2n) is 5.01. The van der Waals surface area contributed by atoms with Gasteiger partial charge in [-0.25, -0.2) is 0 Å². The SMILES string of the molecule is B[C@@H]1O[C@@]2(CC)[C@@H](C)O[C@@H]1[C@@H]2OP1(=S)SCCS1. The van der Waals surface area contributed by atoms with Crippen LogP contribution in [0.3, 0.4) is 0 Å². The van der Waals surface area contributed by atoms with Gasteiger partial charge < -0.3 is 14.0 Å². The van der Waals surface area contributed by atoms with E-state index in [-0.39, 0.29) is 29.9 Å². The van der Waals surface area contributed by atoms with Crippen LogP contribution in [-0.2, 0) is 25.8 Å². The van der Waals surface area contributed by atoms with Gasteiger partial charge in [0, 0.05) is 11.5 Å². The lowest BCUT2D eigenvalue weighted by Crippen LogP contribution is -2.46. The Labute approximate surface area is 122 Å². The molecule has 0 amide bonds. The molecule has 3 aliphatic rings. The summed E-state index contributed by atoms with van der Waals surface area (Å²) in [6, 6.07) is 0.116. The van der Waals surface area contributed by atoms with E-state index in [0.29, 0.717) is 0 Å². The second kappa shape index (κ2) is 4.94. The lowest BCUT2D eigenvalue weighted by molar-refractivity contribution is -0.157. The molecule has 3 rings (SSSR count). The molecule has 3 aliphatic heterocycles. The Morgan fingerprint density at radius 3 is 2.78 bits per heavy atom. The molecule has 5 atom stereocenters. The molecule has 0 N–H and O–H groups in total. The van der Waals surface area contributed by atoms with Crippen LogP contribution in [0.2, 0.25) is 0 Å². The van der Waals surface area contributed by atoms with Crippen molar-refractivity contribution in [3.63, 3.8) is 0 Å². The Kier molecular flexibility index (Phi) is 3.91. The van der Waals surface area contributed by atoms with E-state index in [4.69, 9.17) is 25.8 Å². The molecule has 2 bridgehead atoms. The van der Waals surface area contributed by atoms with Gasteiger partial charge in [-0.05, 0) is 25.2 Å². The minimum Gasteiger partial charge on any atom is -0.373 e. The smallest absolute Gasteiger partial charge is 0.175 e. The molecule has 0 saturated carbocycles. The average molecular weight is 324 g/mol. The molecule has 0 unspecified atom stereocenters. The largest absolute Gasteiger partial charge is 0.373 e. The Bertz CT molecular complexity index is 389. The molecule has 0 aromatic rings. The highest BCUT2D eigenvalue weighted by Gasteiger charge is 2.64. The predicted octanol–water partition coefficient (Wildman–Crippen LogP) is 2.00. The minimum absolute atomic E-state index is 0.0245. The molecule has 3 heterocycles. The summed E-state index contributed by atoms with van der Waals surface area (Å²) in [7, 11) is 2.08. The summed E-state index contributed by atoms with van der Waals surface area (Å²) in [6.07, 6.45) is 1.11. The van der Waals surface area contributed by atoms with Crippen molar-refractivity contribution in [3.8, 4) is 0 Å². The summed E-state index contributed by atoms with van der Waals surface area (Å²) >= 11 is 9.38. The average Bonchev–Trinajstić information content (AvgIpc) is 2.93. The molecular weight excluding hydrogens is 306 g/mol. The van der Waals surface area contributed by atoms with Crippen LogP contribution in [0.25, 0.3) is 0 Å². The maximum absolute atomic E-state index is 6.38. The lowest BCUT2D eigenvalue weighted by Gasteiger charge is -2.35. The van der Waals surface area contributed by atoms with Crippen LogP contribution in [0.15, 0.2) is 0 Å². The van der Waals surface area contributed by atoms with Gasteiger partial charge in [0.05, 0.1) is 12.1 Å². The van der Waals surface area contributed by atoms with E-state index in [1.165, 1.54) is 0 Å². The normalized spacial score (nSPS) is 49.9. The van der Waals surface area contributed by atoms with E-state index in [9.17, 15) is 0 Å². The topological polar surface area (TPSA) is 27.7 Å². The highest BCUT2D eigenvalue weighted by molar-refractivity contribution is 9.00. The number of hydrogen-bond donors (Lipinski definition) is 0. The van der Waals surface area contributed by atoms with Crippen LogP contribution in [0.4, 0.5) is 0 Å². The van der Waals surface area contributed by atoms with E-state index in [1.54, 1.807) is 0 Å². The Morgan fingerprint density at radius 1 is 1.50 bits per heavy atom. The van der Waals surface area contributed by atoms with E-state index < -0.39 is 4.67 Å². The number of rotatable bonds is 3. The van der Waals surface area contributed by atoms with Gasteiger partial charge in [-0.3, -0.25) is 0 Å². The van der Waals surface area contributed by atoms with Crippen LogP contribution in [0.5, 0.6) is 0 Å². The first-order valence-corrected chi connectivity index (χ1v) is 12.3. The van der Waals surface area contributed by atoms with Crippen molar-refractivity contribution in [2.45, 2.75) is 50.2 Å². The third kappa shape index (κ3) is 2.05. The van der Waals surface area contributed by atoms with Gasteiger partial charge in [-0.15, -0.1) is 0 Å². The van der Waals surface area contributed by atoms with Gasteiger partial charge in [0.2, 0.25) is 0 Å². The van der Waals surface area contributed by atoms with Gasteiger partial charge >= 0.3 is 0 Å². The summed E-state index contributed by atoms with van der Waals surface area (Å²) in [5.74, 6) is 2.23. The van der Waals surface area contributed by atoms with Gasteiger partial charge in [0.25, 0.3) is 0 Å². The first-order chi connectivity index (χ1) is 8.51. The second-order valence-corrected chi connectivity index (χ2v) is 15.7. The molecule has 8 heteroatoms. The Hall–Kier alpha value is 1.29. The number of ether oxygens (including phenoxy) is 2. The summed E-state index contributed by atoms with van der Waals surface area (Å²) < 4.78 is 16.8. The standard InChI is InChI=1S/C10H18BO3PS3/c1-3-10-6(2)12-7(9(11)13-10)8(10)14-15(16)17-4-5-18-15/h6-9H,3-5,11H2,1-2H3/t6-,7-,8+,9-,10+/m1/s1. The maximum atomic E-state index is 6.38. The number of hydrogen-bond acceptors (Lipinski definition) is 6. The summed E-state index contributed by atoms with van der Waals surface area (Å²) in [5, 5.41) is 0. The van der Waals surface area contributed by atoms with E-state index >= 15 is 0 Å². The Balaban J connectivity index is 1.85. The monoisotopic (exact) mass is 324 g/mol. The van der Waals surface area contributed by atoms with Crippen molar-refractivity contribution in [3.05, 3.63) is 0 Å². The van der Waals surface area contributed by atoms with Crippen LogP contribution >= 0.6 is 27.4 Å². The molecule has 18 heavy (non-hydrogen) atoms. The quantitative estimate of drug-likeness (QED) is 0.582. The minimum atomic E-state index is -1.76. The highest BCUT2D eigenvalue weighted by Crippen LogP contribution is 2.76. The van der Waals surface area contributed by atoms with E-state index in [1.807, 2.05) is 22.8 Å². The van der Waals surface area contributed by atoms with Crippen molar-refractivity contribution in [1.29, 1.82) is 0 Å². The molecule has 3 nitrogen and oxygen atoms in total. The van der Waals surface area contributed by atoms with Crippen molar-refractivity contribution in [1.82, 2.24) is 0 Å². The van der Waals surface area contributed by atoms with Gasteiger partial charge in [-0.1, -0.05) is 29.7 Å². The molecule has 0 spiro atoms. The first kappa shape index (κ1) is 14.2. The molecule has 0 radical (unpaired) electrons. The zero-order valence-corrected chi connectivity index (χ0v) is 14.2. The molecular formula is C10H18BO3PS3. The third-order valence-electron chi connectivity index (χ3n) is 4.07. The molecule has 0 aromatic heterocycles. The number of fused-ring (bicyclic) bond motifs is 2. The van der Waals surface area contributed by atoms with Crippen LogP contribution in [0, 0.1) is 0 Å². The molecule has 0 aliphatic carbocycles. The lowest BCUT2D eigenvalue weighted by atomic mass is 9.88. The van der Waals surface area contributed by atoms with Gasteiger partial charge in [0.15, 0.2) is 4.67 Å². The predicted molar refractivity (Wildman–Crippen MR) is 84.8 cm³/mol. The Morgan fingerprint density at radius 2 is 2.17 bits per heavy atom. The zero-order valence-electron chi connectivity index (χ0n) is 10.8. The van der Waals surface area contributed by atoms with E-state index in [0.717, 1.165) is 17.9 Å². The maximum Gasteiger partial charge on any atom is 0.175 e. The third-order valence-corrected chi connectivity index (χ3v) is 13.8. The molecule has 3 saturated heterocycles. The fraction of sp³-hybridized carbons (Fsp3) is 1.00. The van der Waals surface area contributed by atoms with Crippen molar-refractivity contribution >= 4 is 47.1 Å². The molecule has 0 aromatic carbocycles. The summed E-state index contributed by atoms with van der Waals surface area (Å²) in [5.41, 5.74) is -0.278. The summed E-state index contributed by atoms with van der Waals surface area (Å²) in [4.78, 5) is 0. The fourth-order valence-electron chi connectivity index (χ4n) is 3.12. The first-order valence-electron chi connectivity index (χ1n) is 6.41.